The van der Waals surface area contributed by atoms with Gasteiger partial charge >= 0.3 is 0 Å². The van der Waals surface area contributed by atoms with E-state index in [0.717, 1.165) is 0 Å². The summed E-state index contributed by atoms with van der Waals surface area (Å²) in [5.74, 6) is 0. The molecule has 0 bridgehead atoms. The molecule has 0 aliphatic rings. The van der Waals surface area contributed by atoms with Crippen LogP contribution in [-0.2, 0) is 39.0 Å². The summed E-state index contributed by atoms with van der Waals surface area (Å²) >= 11 is 0. The maximum absolute atomic E-state index is 3.36. The van der Waals surface area contributed by atoms with E-state index in [1.807, 2.05) is 6.92 Å². The summed E-state index contributed by atoms with van der Waals surface area (Å²) in [7, 11) is -2.35. The van der Waals surface area contributed by atoms with Crippen LogP contribution in [0.4, 0.5) is 0 Å². The van der Waals surface area contributed by atoms with Gasteiger partial charge in [-0.25, -0.2) is 0 Å². The van der Waals surface area contributed by atoms with Crippen molar-refractivity contribution in [2.24, 2.45) is 0 Å². The molecular formula is C129H137P7Rh2. The molecule has 0 N–H and O–H groups in total. The molecule has 18 aromatic carbocycles. The van der Waals surface area contributed by atoms with Gasteiger partial charge in [0.2, 0.25) is 0 Å². The molecule has 0 aromatic heterocycles. The number of benzene rings is 18. The monoisotopic (exact) mass is 2110 g/mol. The second-order valence-electron chi connectivity index (χ2n) is 33.7. The summed E-state index contributed by atoms with van der Waals surface area (Å²) < 4.78 is 0. The first-order chi connectivity index (χ1) is 66.5. The van der Waals surface area contributed by atoms with E-state index in [4.69, 9.17) is 0 Å². The Labute approximate surface area is 865 Å². The summed E-state index contributed by atoms with van der Waals surface area (Å²) in [6.07, 6.45) is 9.32. The van der Waals surface area contributed by atoms with Crippen LogP contribution in [0, 0.1) is 62.3 Å². The zero-order chi connectivity index (χ0) is 95.9. The van der Waals surface area contributed by atoms with Gasteiger partial charge in [-0.1, -0.05) is 588 Å². The largest absolute Gasteiger partial charge is 0.103 e. The van der Waals surface area contributed by atoms with Crippen molar-refractivity contribution in [1.82, 2.24) is 0 Å². The SMILES string of the molecule is C=CC.CCCP(c1ccc(C)cc1)c1ccc(C)cc1.CCCP(c1ccccc1)c1ccc(C)cc1.CCCP(c1ccccc1)c1ccccc1.Cc1ccc(P(c2ccc(C)cc2)c2ccc(C)cc2)cc1.Cc1ccc(P(c2ccccc2)c2ccc(C)cc2)cc1.Cc1ccc(P(c2ccccc2)c2ccccc2)cc1.[HH].[Rh].[Rh].c1ccc(P(c2ccccc2)c2ccccc2)cc1. The number of aryl methyl sites for hydroxylation is 9. The van der Waals surface area contributed by atoms with Gasteiger partial charge < -0.3 is 0 Å². The van der Waals surface area contributed by atoms with Crippen molar-refractivity contribution in [3.63, 3.8) is 0 Å². The van der Waals surface area contributed by atoms with Gasteiger partial charge in [0.25, 0.3) is 0 Å². The Morgan fingerprint density at radius 2 is 0.246 bits per heavy atom. The Bertz CT molecular complexity index is 5940. The number of allylic oxidation sites excluding steroid dienone is 1. The van der Waals surface area contributed by atoms with Crippen molar-refractivity contribution in [2.45, 2.75) is 109 Å². The van der Waals surface area contributed by atoms with E-state index in [-0.39, 0.29) is 64.1 Å². The molecule has 0 nitrogen and oxygen atoms in total. The third kappa shape index (κ3) is 36.2. The number of hydrogen-bond acceptors (Lipinski definition) is 0. The van der Waals surface area contributed by atoms with Crippen molar-refractivity contribution >= 4 is 151 Å². The zero-order valence-electron chi connectivity index (χ0n) is 82.6. The molecule has 2 radical (unpaired) electrons. The van der Waals surface area contributed by atoms with E-state index in [9.17, 15) is 0 Å². The smallest absolute Gasteiger partial charge is 0 e. The molecule has 0 saturated heterocycles. The van der Waals surface area contributed by atoms with E-state index in [0.29, 0.717) is 0 Å². The topological polar surface area (TPSA) is 0 Å². The van der Waals surface area contributed by atoms with Crippen molar-refractivity contribution in [2.75, 3.05) is 18.5 Å². The van der Waals surface area contributed by atoms with Crippen molar-refractivity contribution < 1.29 is 40.4 Å². The second kappa shape index (κ2) is 62.2. The minimum Gasteiger partial charge on any atom is -0.103 e. The van der Waals surface area contributed by atoms with Crippen LogP contribution in [-0.4, -0.2) is 18.5 Å². The van der Waals surface area contributed by atoms with Crippen LogP contribution in [0.2, 0.25) is 0 Å². The van der Waals surface area contributed by atoms with Gasteiger partial charge in [-0.05, 0) is 239 Å². The van der Waals surface area contributed by atoms with Gasteiger partial charge in [-0.15, -0.1) is 6.58 Å². The molecule has 0 aliphatic carbocycles. The maximum atomic E-state index is 3.36. The van der Waals surface area contributed by atoms with Crippen LogP contribution < -0.4 is 95.5 Å². The van der Waals surface area contributed by atoms with Crippen molar-refractivity contribution in [1.29, 1.82) is 0 Å². The van der Waals surface area contributed by atoms with E-state index in [2.05, 4.69) is 581 Å². The molecule has 0 saturated carbocycles. The molecule has 1 unspecified atom stereocenters. The molecule has 0 spiro atoms. The van der Waals surface area contributed by atoms with Crippen molar-refractivity contribution in [3.8, 4) is 0 Å². The van der Waals surface area contributed by atoms with Gasteiger partial charge in [0, 0.05) is 40.4 Å². The second-order valence-corrected chi connectivity index (χ2v) is 49.6. The minimum absolute atomic E-state index is 0. The van der Waals surface area contributed by atoms with Crippen molar-refractivity contribution in [3.05, 3.63) is 554 Å². The molecule has 9 heteroatoms. The number of rotatable bonds is 24. The molecule has 0 fully saturated rings. The molecule has 1 atom stereocenters. The first-order valence-corrected chi connectivity index (χ1v) is 57.6. The molecule has 138 heavy (non-hydrogen) atoms. The fraction of sp³-hybridized carbons (Fsp3) is 0.147. The molecule has 18 aromatic rings. The Morgan fingerprint density at radius 1 is 0.159 bits per heavy atom. The van der Waals surface area contributed by atoms with Gasteiger partial charge in [-0.3, -0.25) is 0 Å². The fourth-order valence-corrected chi connectivity index (χ4v) is 31.3. The molecule has 706 valence electrons. The van der Waals surface area contributed by atoms with Crippen LogP contribution in [0.25, 0.3) is 0 Å². The molecule has 0 amide bonds. The maximum Gasteiger partial charge on any atom is 0 e. The van der Waals surface area contributed by atoms with Gasteiger partial charge in [-0.2, -0.15) is 0 Å². The van der Waals surface area contributed by atoms with Crippen LogP contribution in [0.3, 0.4) is 0 Å². The third-order valence-electron chi connectivity index (χ3n) is 22.4. The van der Waals surface area contributed by atoms with Crippen LogP contribution >= 0.6 is 55.5 Å². The Kier molecular flexibility index (Phi) is 50.3. The minimum atomic E-state index is -0.483. The fourth-order valence-electron chi connectivity index (χ4n) is 15.3. The Hall–Kier alpha value is -10.0. The molecule has 0 heterocycles. The van der Waals surface area contributed by atoms with Gasteiger partial charge in [0.15, 0.2) is 0 Å². The van der Waals surface area contributed by atoms with E-state index in [1.54, 1.807) is 6.08 Å². The first kappa shape index (κ1) is 112. The van der Waals surface area contributed by atoms with Crippen LogP contribution in [0.5, 0.6) is 0 Å². The standard InChI is InChI=1S/C21H21P.C20H19P.C19H17P.C18H15P.C17H21P.C16H19P.C15H17P.C3H6.2Rh.H2/c1-16-4-10-19(11-5-16)22(20-12-6-17(2)7-13-20)21-14-8-18(3)9-15-21;1-16-8-12-19(13-9-16)21(18-6-4-3-5-7-18)20-14-10-17(2)11-15-20;1-16-12-14-19(15-13-16)20(17-8-4-2-5-9-17)18-10-6-3-7-11-18;1-4-10-16(11-5-1)19(17-12-6-2-7-13-17)18-14-8-3-9-15-18;1-4-13-18(16-9-5-14(2)6-10-16)17-11-7-15(3)8-12-17;1-3-13-17(15-7-5-4-6-8-15)16-11-9-14(2)10-12-16;1-2-13-16(14-9-5-3-6-10-14)15-11-7-4-8-12-15;1-3-2;;;/h4-15H,1-3H3;3-15H,1-2H3;2-15H,1H3;1-15H;5-12H,4,13H2,1-3H3;4-12H,3,13H2,1-2H3;3-12H,2,13H2,1H3;3H,1H2,2H3;;;1H. The van der Waals surface area contributed by atoms with Gasteiger partial charge in [0.1, 0.15) is 0 Å². The predicted molar refractivity (Wildman–Crippen MR) is 624 cm³/mol. The summed E-state index contributed by atoms with van der Waals surface area (Å²) in [5.41, 5.74) is 11.9. The molecular weight excluding hydrogens is 1970 g/mol. The van der Waals surface area contributed by atoms with Crippen LogP contribution in [0.15, 0.2) is 504 Å². The quantitative estimate of drug-likeness (QED) is 0.0321. The van der Waals surface area contributed by atoms with E-state index in [1.165, 1.54) is 183 Å². The first-order valence-electron chi connectivity index (χ1n) is 47.7. The summed E-state index contributed by atoms with van der Waals surface area (Å²) in [5, 5.41) is 25.8. The summed E-state index contributed by atoms with van der Waals surface area (Å²) in [6, 6.07) is 178. The Balaban J connectivity index is 0.000000197. The molecule has 0 aliphatic heterocycles. The van der Waals surface area contributed by atoms with Crippen LogP contribution in [0.1, 0.15) is 98.5 Å². The summed E-state index contributed by atoms with van der Waals surface area (Å²) in [4.78, 5) is 0. The van der Waals surface area contributed by atoms with Gasteiger partial charge in [0.05, 0.1) is 0 Å². The Morgan fingerprint density at radius 3 is 0.355 bits per heavy atom. The number of hydrogen-bond donors (Lipinski definition) is 0. The summed E-state index contributed by atoms with van der Waals surface area (Å²) in [6.45, 7) is 31.4. The van der Waals surface area contributed by atoms with E-state index >= 15 is 0 Å². The average molecular weight is 2110 g/mol. The third-order valence-corrected chi connectivity index (χ3v) is 40.4. The zero-order valence-corrected chi connectivity index (χ0v) is 92.1. The molecule has 18 rings (SSSR count). The van der Waals surface area contributed by atoms with E-state index < -0.39 is 31.7 Å². The average Bonchev–Trinajstić information content (AvgIpc) is 0.835. The predicted octanol–water partition coefficient (Wildman–Crippen LogP) is 28.6. The normalized spacial score (nSPS) is 10.7.